The summed E-state index contributed by atoms with van der Waals surface area (Å²) >= 11 is 0. The second kappa shape index (κ2) is 7.26. The van der Waals surface area contributed by atoms with Crippen LogP contribution in [0.2, 0.25) is 0 Å². The first-order valence-electron chi connectivity index (χ1n) is 6.52. The van der Waals surface area contributed by atoms with Gasteiger partial charge >= 0.3 is 12.1 Å². The molecule has 1 aromatic rings. The Morgan fingerprint density at radius 1 is 1.18 bits per heavy atom. The summed E-state index contributed by atoms with van der Waals surface area (Å²) in [5.74, 6) is -1.55. The highest BCUT2D eigenvalue weighted by atomic mass is 19.4. The van der Waals surface area contributed by atoms with Crippen molar-refractivity contribution in [1.29, 1.82) is 0 Å². The fourth-order valence-corrected chi connectivity index (χ4v) is 1.72. The zero-order valence-electron chi connectivity index (χ0n) is 12.1. The number of anilines is 1. The highest BCUT2D eigenvalue weighted by Gasteiger charge is 2.30. The molecule has 0 saturated heterocycles. The molecule has 0 aromatic heterocycles. The molecule has 0 heterocycles. The van der Waals surface area contributed by atoms with Crippen molar-refractivity contribution >= 4 is 17.6 Å². The first-order valence-corrected chi connectivity index (χ1v) is 6.52. The van der Waals surface area contributed by atoms with E-state index in [0.717, 1.165) is 24.3 Å². The number of carbonyl (C=O) groups excluding carboxylic acids is 1. The summed E-state index contributed by atoms with van der Waals surface area (Å²) in [6.07, 6.45) is -4.43. The fraction of sp³-hybridized carbons (Fsp3) is 0.429. The van der Waals surface area contributed by atoms with Crippen LogP contribution < -0.4 is 5.32 Å². The van der Waals surface area contributed by atoms with E-state index in [0.29, 0.717) is 0 Å². The molecule has 0 fully saturated rings. The van der Waals surface area contributed by atoms with Gasteiger partial charge in [-0.05, 0) is 38.1 Å². The van der Waals surface area contributed by atoms with Crippen molar-refractivity contribution in [3.63, 3.8) is 0 Å². The number of rotatable bonds is 6. The van der Waals surface area contributed by atoms with Crippen LogP contribution in [-0.2, 0) is 15.8 Å². The predicted molar refractivity (Wildman–Crippen MR) is 74.4 cm³/mol. The molecule has 0 atom stereocenters. The van der Waals surface area contributed by atoms with E-state index in [-0.39, 0.29) is 24.8 Å². The van der Waals surface area contributed by atoms with Crippen molar-refractivity contribution in [3.8, 4) is 0 Å². The minimum atomic E-state index is -4.43. The van der Waals surface area contributed by atoms with Crippen LogP contribution in [0.3, 0.4) is 0 Å². The summed E-state index contributed by atoms with van der Waals surface area (Å²) in [6, 6.07) is 3.88. The Morgan fingerprint density at radius 3 is 2.14 bits per heavy atom. The highest BCUT2D eigenvalue weighted by molar-refractivity contribution is 5.92. The van der Waals surface area contributed by atoms with E-state index >= 15 is 0 Å². The summed E-state index contributed by atoms with van der Waals surface area (Å²) in [5, 5.41) is 11.2. The number of hydrogen-bond donors (Lipinski definition) is 2. The molecular weight excluding hydrogens is 301 g/mol. The Morgan fingerprint density at radius 2 is 1.73 bits per heavy atom. The smallest absolute Gasteiger partial charge is 0.416 e. The molecule has 2 N–H and O–H groups in total. The Bertz CT molecular complexity index is 527. The Hall–Kier alpha value is -2.09. The van der Waals surface area contributed by atoms with Gasteiger partial charge in [-0.15, -0.1) is 0 Å². The second-order valence-corrected chi connectivity index (χ2v) is 5.02. The zero-order valence-corrected chi connectivity index (χ0v) is 12.1. The van der Waals surface area contributed by atoms with Crippen LogP contribution in [-0.4, -0.2) is 41.0 Å². The maximum atomic E-state index is 12.4. The Labute approximate surface area is 125 Å². The van der Waals surface area contributed by atoms with E-state index in [1.54, 1.807) is 13.8 Å². The van der Waals surface area contributed by atoms with Crippen molar-refractivity contribution in [3.05, 3.63) is 29.8 Å². The molecule has 0 unspecified atom stereocenters. The number of hydrogen-bond acceptors (Lipinski definition) is 3. The first kappa shape index (κ1) is 18.0. The van der Waals surface area contributed by atoms with Gasteiger partial charge in [0, 0.05) is 11.7 Å². The molecule has 22 heavy (non-hydrogen) atoms. The van der Waals surface area contributed by atoms with E-state index in [1.165, 1.54) is 4.90 Å². The van der Waals surface area contributed by atoms with Gasteiger partial charge in [0.15, 0.2) is 0 Å². The van der Waals surface area contributed by atoms with E-state index < -0.39 is 23.6 Å². The molecule has 0 bridgehead atoms. The average molecular weight is 318 g/mol. The molecule has 8 heteroatoms. The third kappa shape index (κ3) is 5.72. The van der Waals surface area contributed by atoms with Crippen molar-refractivity contribution in [2.45, 2.75) is 26.1 Å². The maximum Gasteiger partial charge on any atom is 0.416 e. The van der Waals surface area contributed by atoms with E-state index in [4.69, 9.17) is 5.11 Å². The van der Waals surface area contributed by atoms with Gasteiger partial charge in [0.05, 0.1) is 18.7 Å². The number of alkyl halides is 3. The number of benzene rings is 1. The third-order valence-corrected chi connectivity index (χ3v) is 2.91. The topological polar surface area (TPSA) is 69.6 Å². The first-order chi connectivity index (χ1) is 10.1. The predicted octanol–water partition coefficient (Wildman–Crippen LogP) is 2.44. The molecule has 0 radical (unpaired) electrons. The van der Waals surface area contributed by atoms with Crippen molar-refractivity contribution in [2.75, 3.05) is 18.4 Å². The van der Waals surface area contributed by atoms with Crippen molar-refractivity contribution in [1.82, 2.24) is 4.90 Å². The van der Waals surface area contributed by atoms with Gasteiger partial charge in [0.1, 0.15) is 0 Å². The minimum absolute atomic E-state index is 0.158. The number of halogens is 3. The van der Waals surface area contributed by atoms with Gasteiger partial charge in [-0.1, -0.05) is 0 Å². The molecule has 1 rings (SSSR count). The lowest BCUT2D eigenvalue weighted by atomic mass is 10.2. The number of carbonyl (C=O) groups is 2. The summed E-state index contributed by atoms with van der Waals surface area (Å²) in [6.45, 7) is 3.03. The molecule has 0 aliphatic heterocycles. The van der Waals surface area contributed by atoms with Gasteiger partial charge < -0.3 is 10.4 Å². The van der Waals surface area contributed by atoms with Gasteiger partial charge in [-0.2, -0.15) is 13.2 Å². The average Bonchev–Trinajstić information content (AvgIpc) is 2.36. The van der Waals surface area contributed by atoms with Gasteiger partial charge in [-0.3, -0.25) is 14.5 Å². The van der Waals surface area contributed by atoms with E-state index in [2.05, 4.69) is 5.32 Å². The van der Waals surface area contributed by atoms with Crippen LogP contribution in [0.5, 0.6) is 0 Å². The van der Waals surface area contributed by atoms with Crippen LogP contribution in [0, 0.1) is 0 Å². The molecule has 122 valence electrons. The number of amides is 1. The number of nitrogens with one attached hydrogen (secondary N) is 1. The summed E-state index contributed by atoms with van der Waals surface area (Å²) in [4.78, 5) is 24.0. The number of carboxylic acid groups (broad SMARTS) is 1. The van der Waals surface area contributed by atoms with Crippen LogP contribution in [0.15, 0.2) is 24.3 Å². The lowest BCUT2D eigenvalue weighted by Crippen LogP contribution is -2.41. The number of carboxylic acids is 1. The molecule has 1 amide bonds. The standard InChI is InChI=1S/C14H17F3N2O3/c1-9(2)19(8-13(21)22)7-12(20)18-11-5-3-10(4-6-11)14(15,16)17/h3-6,9H,7-8H2,1-2H3,(H,18,20)(H,21,22). The molecule has 0 saturated carbocycles. The van der Waals surface area contributed by atoms with Crippen LogP contribution in [0.25, 0.3) is 0 Å². The van der Waals surface area contributed by atoms with Crippen LogP contribution in [0.1, 0.15) is 19.4 Å². The summed E-state index contributed by atoms with van der Waals surface area (Å²) in [7, 11) is 0. The Balaban J connectivity index is 2.66. The van der Waals surface area contributed by atoms with E-state index in [9.17, 15) is 22.8 Å². The van der Waals surface area contributed by atoms with Gasteiger partial charge in [0.2, 0.25) is 5.91 Å². The van der Waals surface area contributed by atoms with Gasteiger partial charge in [-0.25, -0.2) is 0 Å². The van der Waals surface area contributed by atoms with E-state index in [1.807, 2.05) is 0 Å². The molecule has 0 aliphatic rings. The molecule has 0 aliphatic carbocycles. The second-order valence-electron chi connectivity index (χ2n) is 5.02. The van der Waals surface area contributed by atoms with Crippen molar-refractivity contribution < 1.29 is 27.9 Å². The monoisotopic (exact) mass is 318 g/mol. The zero-order chi connectivity index (χ0) is 16.9. The van der Waals surface area contributed by atoms with Gasteiger partial charge in [0.25, 0.3) is 0 Å². The lowest BCUT2D eigenvalue weighted by Gasteiger charge is -2.23. The van der Waals surface area contributed by atoms with Crippen LogP contribution in [0.4, 0.5) is 18.9 Å². The molecular formula is C14H17F3N2O3. The molecule has 5 nitrogen and oxygen atoms in total. The quantitative estimate of drug-likeness (QED) is 0.845. The highest BCUT2D eigenvalue weighted by Crippen LogP contribution is 2.29. The summed E-state index contributed by atoms with van der Waals surface area (Å²) in [5.41, 5.74) is -0.586. The SMILES string of the molecule is CC(C)N(CC(=O)O)CC(=O)Nc1ccc(C(F)(F)F)cc1. The van der Waals surface area contributed by atoms with Crippen LogP contribution >= 0.6 is 0 Å². The minimum Gasteiger partial charge on any atom is -0.480 e. The fourth-order valence-electron chi connectivity index (χ4n) is 1.72. The third-order valence-electron chi connectivity index (χ3n) is 2.91. The number of nitrogens with zero attached hydrogens (tertiary/aromatic N) is 1. The Kier molecular flexibility index (Phi) is 5.92. The number of aliphatic carboxylic acids is 1. The van der Waals surface area contributed by atoms with Crippen molar-refractivity contribution in [2.24, 2.45) is 0 Å². The molecule has 1 aromatic carbocycles. The summed E-state index contributed by atoms with van der Waals surface area (Å²) < 4.78 is 37.2. The maximum absolute atomic E-state index is 12.4. The normalized spacial score (nSPS) is 11.8. The largest absolute Gasteiger partial charge is 0.480 e. The lowest BCUT2D eigenvalue weighted by molar-refractivity contribution is -0.139. The molecule has 0 spiro atoms.